The lowest BCUT2D eigenvalue weighted by Crippen LogP contribution is -2.39. The number of aliphatic hydroxyl groups is 1. The summed E-state index contributed by atoms with van der Waals surface area (Å²) in [7, 11) is 0. The Morgan fingerprint density at radius 3 is 2.45 bits per heavy atom. The largest absolute Gasteiger partial charge is 0.462 e. The van der Waals surface area contributed by atoms with Crippen molar-refractivity contribution in [1.29, 1.82) is 0 Å². The second kappa shape index (κ2) is 7.36. The Morgan fingerprint density at radius 1 is 1.40 bits per heavy atom. The predicted octanol–water partition coefficient (Wildman–Crippen LogP) is 1.61. The van der Waals surface area contributed by atoms with Crippen LogP contribution in [-0.2, 0) is 15.1 Å². The highest BCUT2D eigenvalue weighted by Crippen LogP contribution is 2.29. The molecule has 0 radical (unpaired) electrons. The summed E-state index contributed by atoms with van der Waals surface area (Å²) in [5.74, 6) is 0. The van der Waals surface area contributed by atoms with Crippen LogP contribution in [0.2, 0.25) is 0 Å². The van der Waals surface area contributed by atoms with Gasteiger partial charge in [0.1, 0.15) is 5.60 Å². The molecule has 20 heavy (non-hydrogen) atoms. The van der Waals surface area contributed by atoms with Crippen molar-refractivity contribution in [2.75, 3.05) is 13.1 Å². The van der Waals surface area contributed by atoms with Crippen LogP contribution < -0.4 is 5.32 Å². The van der Waals surface area contributed by atoms with Crippen LogP contribution in [0, 0.1) is 0 Å². The Kier molecular flexibility index (Phi) is 6.10. The SMILES string of the molecule is CC(C)(C)OC=O.OC1(c2cccnc2)CCNCC1. The monoisotopic (exact) mass is 280 g/mol. The first-order chi connectivity index (χ1) is 9.37. The minimum absolute atomic E-state index is 0.318. The molecule has 5 heteroatoms. The number of carbonyl (C=O) groups excluding carboxylic acids is 1. The van der Waals surface area contributed by atoms with Gasteiger partial charge in [-0.1, -0.05) is 6.07 Å². The Balaban J connectivity index is 0.000000246. The van der Waals surface area contributed by atoms with E-state index in [2.05, 4.69) is 15.0 Å². The average Bonchev–Trinajstić information content (AvgIpc) is 2.40. The van der Waals surface area contributed by atoms with Gasteiger partial charge in [0.05, 0.1) is 5.60 Å². The number of pyridine rings is 1. The number of aromatic nitrogens is 1. The van der Waals surface area contributed by atoms with Gasteiger partial charge in [-0.3, -0.25) is 9.78 Å². The first-order valence-corrected chi connectivity index (χ1v) is 6.82. The molecule has 1 saturated heterocycles. The van der Waals surface area contributed by atoms with Gasteiger partial charge in [0.2, 0.25) is 0 Å². The third kappa shape index (κ3) is 5.67. The van der Waals surface area contributed by atoms with E-state index >= 15 is 0 Å². The molecule has 0 spiro atoms. The van der Waals surface area contributed by atoms with Crippen LogP contribution in [0.5, 0.6) is 0 Å². The molecule has 0 unspecified atom stereocenters. The maximum absolute atomic E-state index is 10.3. The van der Waals surface area contributed by atoms with Crippen LogP contribution in [0.4, 0.5) is 0 Å². The van der Waals surface area contributed by atoms with Gasteiger partial charge in [0.15, 0.2) is 0 Å². The maximum atomic E-state index is 10.3. The fourth-order valence-electron chi connectivity index (χ4n) is 1.91. The fourth-order valence-corrected chi connectivity index (χ4v) is 1.91. The summed E-state index contributed by atoms with van der Waals surface area (Å²) < 4.78 is 4.55. The molecule has 2 heterocycles. The van der Waals surface area contributed by atoms with Gasteiger partial charge in [-0.2, -0.15) is 0 Å². The Morgan fingerprint density at radius 2 is 2.05 bits per heavy atom. The second-order valence-electron chi connectivity index (χ2n) is 5.85. The maximum Gasteiger partial charge on any atom is 0.293 e. The smallest absolute Gasteiger partial charge is 0.293 e. The minimum Gasteiger partial charge on any atom is -0.462 e. The molecule has 1 aromatic rings. The van der Waals surface area contributed by atoms with Gasteiger partial charge < -0.3 is 15.2 Å². The fraction of sp³-hybridized carbons (Fsp3) is 0.600. The van der Waals surface area contributed by atoms with Crippen LogP contribution in [-0.4, -0.2) is 35.3 Å². The molecule has 0 amide bonds. The standard InChI is InChI=1S/C10H14N2O.C5H10O2/c13-10(3-6-11-7-4-10)9-2-1-5-12-8-9;1-5(2,3)7-4-6/h1-2,5,8,11,13H,3-4,6-7H2;4H,1-3H3. The van der Waals surface area contributed by atoms with Gasteiger partial charge in [-0.05, 0) is 52.8 Å². The molecule has 0 aromatic carbocycles. The van der Waals surface area contributed by atoms with Crippen molar-refractivity contribution in [1.82, 2.24) is 10.3 Å². The van der Waals surface area contributed by atoms with Gasteiger partial charge >= 0.3 is 0 Å². The molecular weight excluding hydrogens is 256 g/mol. The lowest BCUT2D eigenvalue weighted by Gasteiger charge is -2.32. The van der Waals surface area contributed by atoms with Gasteiger partial charge in [-0.25, -0.2) is 0 Å². The summed E-state index contributed by atoms with van der Waals surface area (Å²) in [4.78, 5) is 13.6. The second-order valence-corrected chi connectivity index (χ2v) is 5.85. The number of ether oxygens (including phenoxy) is 1. The van der Waals surface area contributed by atoms with E-state index in [0.717, 1.165) is 31.5 Å². The Hall–Kier alpha value is -1.46. The van der Waals surface area contributed by atoms with Gasteiger partial charge in [0, 0.05) is 18.0 Å². The molecule has 112 valence electrons. The van der Waals surface area contributed by atoms with Gasteiger partial charge in [0.25, 0.3) is 6.47 Å². The van der Waals surface area contributed by atoms with E-state index in [1.807, 2.05) is 32.9 Å². The number of hydrogen-bond acceptors (Lipinski definition) is 5. The third-order valence-corrected chi connectivity index (χ3v) is 3.03. The number of carbonyl (C=O) groups is 1. The first-order valence-electron chi connectivity index (χ1n) is 6.82. The number of hydrogen-bond donors (Lipinski definition) is 2. The molecule has 0 aliphatic carbocycles. The highest BCUT2D eigenvalue weighted by atomic mass is 16.5. The first kappa shape index (κ1) is 16.6. The van der Waals surface area contributed by atoms with Crippen LogP contribution in [0.1, 0.15) is 39.2 Å². The van der Waals surface area contributed by atoms with E-state index in [0.29, 0.717) is 6.47 Å². The van der Waals surface area contributed by atoms with Crippen molar-refractivity contribution < 1.29 is 14.6 Å². The highest BCUT2D eigenvalue weighted by Gasteiger charge is 2.30. The van der Waals surface area contributed by atoms with Crippen molar-refractivity contribution in [3.8, 4) is 0 Å². The molecular formula is C15H24N2O3. The van der Waals surface area contributed by atoms with E-state index in [1.165, 1.54) is 0 Å². The quantitative estimate of drug-likeness (QED) is 0.805. The Labute approximate surface area is 120 Å². The summed E-state index contributed by atoms with van der Waals surface area (Å²) in [6, 6.07) is 3.81. The normalized spacial score (nSPS) is 17.6. The average molecular weight is 280 g/mol. The highest BCUT2D eigenvalue weighted by molar-refractivity contribution is 5.37. The number of nitrogens with zero attached hydrogens (tertiary/aromatic N) is 1. The zero-order chi connectivity index (χ0) is 15.1. The zero-order valence-electron chi connectivity index (χ0n) is 12.4. The van der Waals surface area contributed by atoms with Crippen LogP contribution in [0.25, 0.3) is 0 Å². The lowest BCUT2D eigenvalue weighted by molar-refractivity contribution is -0.138. The minimum atomic E-state index is -0.653. The molecule has 2 N–H and O–H groups in total. The molecule has 2 rings (SSSR count). The summed E-state index contributed by atoms with van der Waals surface area (Å²) >= 11 is 0. The van der Waals surface area contributed by atoms with Crippen LogP contribution in [0.15, 0.2) is 24.5 Å². The molecule has 0 saturated carbocycles. The summed E-state index contributed by atoms with van der Waals surface area (Å²) in [6.45, 7) is 7.68. The lowest BCUT2D eigenvalue weighted by atomic mass is 9.86. The van der Waals surface area contributed by atoms with E-state index < -0.39 is 5.60 Å². The summed E-state index contributed by atoms with van der Waals surface area (Å²) in [5.41, 5.74) is -0.0298. The van der Waals surface area contributed by atoms with E-state index in [4.69, 9.17) is 0 Å². The molecule has 5 nitrogen and oxygen atoms in total. The molecule has 1 aliphatic rings. The molecule has 0 atom stereocenters. The number of nitrogens with one attached hydrogen (secondary N) is 1. The number of piperidine rings is 1. The van der Waals surface area contributed by atoms with Crippen molar-refractivity contribution >= 4 is 6.47 Å². The topological polar surface area (TPSA) is 71.5 Å². The molecule has 1 aliphatic heterocycles. The van der Waals surface area contributed by atoms with Crippen LogP contribution in [0.3, 0.4) is 0 Å². The predicted molar refractivity (Wildman–Crippen MR) is 77.1 cm³/mol. The van der Waals surface area contributed by atoms with Crippen molar-refractivity contribution in [2.24, 2.45) is 0 Å². The van der Waals surface area contributed by atoms with Crippen molar-refractivity contribution in [2.45, 2.75) is 44.8 Å². The van der Waals surface area contributed by atoms with Crippen molar-refractivity contribution in [3.05, 3.63) is 30.1 Å². The molecule has 1 fully saturated rings. The Bertz CT molecular complexity index is 395. The van der Waals surface area contributed by atoms with E-state index in [9.17, 15) is 9.90 Å². The molecule has 0 bridgehead atoms. The van der Waals surface area contributed by atoms with E-state index in [-0.39, 0.29) is 5.60 Å². The summed E-state index contributed by atoms with van der Waals surface area (Å²) in [5, 5.41) is 13.5. The zero-order valence-corrected chi connectivity index (χ0v) is 12.4. The number of rotatable bonds is 2. The van der Waals surface area contributed by atoms with E-state index in [1.54, 1.807) is 12.4 Å². The van der Waals surface area contributed by atoms with Gasteiger partial charge in [-0.15, -0.1) is 0 Å². The van der Waals surface area contributed by atoms with Crippen molar-refractivity contribution in [3.63, 3.8) is 0 Å². The van der Waals surface area contributed by atoms with Crippen LogP contribution >= 0.6 is 0 Å². The summed E-state index contributed by atoms with van der Waals surface area (Å²) in [6.07, 6.45) is 5.04. The third-order valence-electron chi connectivity index (χ3n) is 3.03. The molecule has 1 aromatic heterocycles.